The van der Waals surface area contributed by atoms with E-state index in [2.05, 4.69) is 20.8 Å². The van der Waals surface area contributed by atoms with E-state index in [-0.39, 0.29) is 43.7 Å². The number of unbranched alkanes of at least 4 members (excludes halogenated alkanes) is 10. The number of rotatable bonds is 28. The largest absolute Gasteiger partial charge is 0.463 e. The number of Topliss-reactive ketones (excluding diaryl/α,β-unsaturated/α-hetero) is 1. The lowest BCUT2D eigenvalue weighted by Crippen LogP contribution is -2.25. The first-order valence-electron chi connectivity index (χ1n) is 18.4. The van der Waals surface area contributed by atoms with E-state index in [4.69, 9.17) is 9.47 Å². The Morgan fingerprint density at radius 3 is 2.04 bits per heavy atom. The first kappa shape index (κ1) is 42.0. The van der Waals surface area contributed by atoms with Gasteiger partial charge in [-0.2, -0.15) is 0 Å². The van der Waals surface area contributed by atoms with Crippen molar-refractivity contribution in [1.82, 2.24) is 0 Å². The van der Waals surface area contributed by atoms with Crippen molar-refractivity contribution in [2.24, 2.45) is 17.8 Å². The van der Waals surface area contributed by atoms with Crippen LogP contribution in [-0.4, -0.2) is 64.6 Å². The van der Waals surface area contributed by atoms with Crippen LogP contribution in [0.3, 0.4) is 0 Å². The third kappa shape index (κ3) is 21.0. The van der Waals surface area contributed by atoms with E-state index in [1.165, 1.54) is 44.9 Å². The van der Waals surface area contributed by atoms with Gasteiger partial charge in [-0.3, -0.25) is 14.4 Å². The van der Waals surface area contributed by atoms with Gasteiger partial charge in [0.2, 0.25) is 0 Å². The molecule has 1 aliphatic rings. The molecule has 1 fully saturated rings. The number of hydrogen-bond donors (Lipinski definition) is 3. The number of hydrogen-bond acceptors (Lipinski definition) is 8. The number of allylic oxidation sites excluding steroid dienone is 3. The molecule has 3 N–H and O–H groups in total. The summed E-state index contributed by atoms with van der Waals surface area (Å²) in [6.45, 7) is 6.28. The van der Waals surface area contributed by atoms with Crippen LogP contribution >= 0.6 is 0 Å². The van der Waals surface area contributed by atoms with E-state index in [1.54, 1.807) is 12.2 Å². The molecule has 8 heteroatoms. The summed E-state index contributed by atoms with van der Waals surface area (Å²) >= 11 is 0. The van der Waals surface area contributed by atoms with E-state index in [9.17, 15) is 29.7 Å². The van der Waals surface area contributed by atoms with Crippen LogP contribution in [0.4, 0.5) is 0 Å². The van der Waals surface area contributed by atoms with Crippen LogP contribution in [0.1, 0.15) is 149 Å². The van der Waals surface area contributed by atoms with Crippen molar-refractivity contribution in [1.29, 1.82) is 0 Å². The highest BCUT2D eigenvalue weighted by atomic mass is 16.6. The molecule has 1 aliphatic carbocycles. The molecule has 0 aromatic rings. The summed E-state index contributed by atoms with van der Waals surface area (Å²) in [5, 5.41) is 30.5. The molecule has 6 atom stereocenters. The molecule has 1 unspecified atom stereocenters. The monoisotopic (exact) mass is 650 g/mol. The van der Waals surface area contributed by atoms with Gasteiger partial charge in [-0.25, -0.2) is 0 Å². The predicted molar refractivity (Wildman–Crippen MR) is 183 cm³/mol. The Bertz CT molecular complexity index is 869. The molecule has 0 aliphatic heterocycles. The molecule has 0 aromatic heterocycles. The van der Waals surface area contributed by atoms with Gasteiger partial charge in [0.1, 0.15) is 25.1 Å². The highest BCUT2D eigenvalue weighted by Gasteiger charge is 2.39. The number of carbonyl (C=O) groups excluding carboxylic acids is 3. The van der Waals surface area contributed by atoms with E-state index in [0.29, 0.717) is 32.1 Å². The van der Waals surface area contributed by atoms with Gasteiger partial charge >= 0.3 is 11.9 Å². The lowest BCUT2D eigenvalue weighted by molar-refractivity contribution is -0.152. The molecule has 0 saturated heterocycles. The van der Waals surface area contributed by atoms with Crippen LogP contribution in [0.2, 0.25) is 0 Å². The van der Waals surface area contributed by atoms with Crippen LogP contribution < -0.4 is 0 Å². The minimum absolute atomic E-state index is 0.00161. The standard InChI is InChI=1S/C38H66O8/c1-4-6-15-21-31(39)25-26-34-33(35(41)27-36(34)42)22-17-13-14-19-24-38(44)46-29-32(40)28-45-37(43)23-18-12-10-8-7-9-11-16-20-30(3)5-2/h13,17,25-26,30-35,39-41H,4-12,14-16,18-24,27-29H2,1-3H3/b17-13-,26-25+/t30?,31-,32-,33+,34+,35-/m0/s1. The van der Waals surface area contributed by atoms with Gasteiger partial charge in [0.05, 0.1) is 12.2 Å². The summed E-state index contributed by atoms with van der Waals surface area (Å²) in [6.07, 6.45) is 23.1. The molecule has 0 spiro atoms. The second kappa shape index (κ2) is 27.0. The van der Waals surface area contributed by atoms with E-state index in [1.807, 2.05) is 12.2 Å². The topological polar surface area (TPSA) is 130 Å². The summed E-state index contributed by atoms with van der Waals surface area (Å²) in [5.41, 5.74) is 0. The molecule has 8 nitrogen and oxygen atoms in total. The Labute approximate surface area is 279 Å². The molecule has 1 saturated carbocycles. The maximum atomic E-state index is 12.4. The van der Waals surface area contributed by atoms with Crippen molar-refractivity contribution in [2.45, 2.75) is 167 Å². The molecule has 0 bridgehead atoms. The number of ether oxygens (including phenoxy) is 2. The maximum Gasteiger partial charge on any atom is 0.305 e. The Balaban J connectivity index is 2.10. The normalized spacial score (nSPS) is 20.4. The average molecular weight is 651 g/mol. The smallest absolute Gasteiger partial charge is 0.305 e. The summed E-state index contributed by atoms with van der Waals surface area (Å²) in [4.78, 5) is 36.4. The zero-order valence-corrected chi connectivity index (χ0v) is 29.2. The Kier molecular flexibility index (Phi) is 24.6. The summed E-state index contributed by atoms with van der Waals surface area (Å²) in [5.74, 6) is -0.525. The molecule has 0 aromatic carbocycles. The molecule has 0 amide bonds. The second-order valence-electron chi connectivity index (χ2n) is 13.4. The fourth-order valence-electron chi connectivity index (χ4n) is 5.81. The van der Waals surface area contributed by atoms with Crippen LogP contribution in [0, 0.1) is 17.8 Å². The van der Waals surface area contributed by atoms with Gasteiger partial charge in [-0.1, -0.05) is 122 Å². The number of aliphatic hydroxyl groups is 3. The Morgan fingerprint density at radius 1 is 0.826 bits per heavy atom. The van der Waals surface area contributed by atoms with E-state index in [0.717, 1.165) is 44.4 Å². The molecule has 266 valence electrons. The molecule has 0 radical (unpaired) electrons. The van der Waals surface area contributed by atoms with Gasteiger partial charge in [0.25, 0.3) is 0 Å². The lowest BCUT2D eigenvalue weighted by Gasteiger charge is -2.17. The summed E-state index contributed by atoms with van der Waals surface area (Å²) < 4.78 is 10.2. The third-order valence-electron chi connectivity index (χ3n) is 9.11. The molecular weight excluding hydrogens is 584 g/mol. The van der Waals surface area contributed by atoms with Crippen molar-refractivity contribution in [3.8, 4) is 0 Å². The lowest BCUT2D eigenvalue weighted by atomic mass is 9.90. The van der Waals surface area contributed by atoms with Gasteiger partial charge < -0.3 is 24.8 Å². The highest BCUT2D eigenvalue weighted by Crippen LogP contribution is 2.33. The van der Waals surface area contributed by atoms with Gasteiger partial charge in [0, 0.05) is 31.1 Å². The third-order valence-corrected chi connectivity index (χ3v) is 9.11. The van der Waals surface area contributed by atoms with E-state index < -0.39 is 30.2 Å². The summed E-state index contributed by atoms with van der Waals surface area (Å²) in [7, 11) is 0. The van der Waals surface area contributed by atoms with Crippen molar-refractivity contribution in [3.63, 3.8) is 0 Å². The molecular formula is C38H66O8. The summed E-state index contributed by atoms with van der Waals surface area (Å²) in [6, 6.07) is 0. The van der Waals surface area contributed by atoms with Gasteiger partial charge in [-0.05, 0) is 38.0 Å². The predicted octanol–water partition coefficient (Wildman–Crippen LogP) is 7.56. The van der Waals surface area contributed by atoms with Gasteiger partial charge in [-0.15, -0.1) is 0 Å². The van der Waals surface area contributed by atoms with E-state index >= 15 is 0 Å². The number of esters is 2. The molecule has 46 heavy (non-hydrogen) atoms. The number of aliphatic hydroxyl groups excluding tert-OH is 3. The first-order valence-corrected chi connectivity index (χ1v) is 18.4. The molecule has 0 heterocycles. The molecule has 1 rings (SSSR count). The van der Waals surface area contributed by atoms with Gasteiger partial charge in [0.15, 0.2) is 0 Å². The Morgan fingerprint density at radius 2 is 1.41 bits per heavy atom. The quantitative estimate of drug-likeness (QED) is 0.0449. The highest BCUT2D eigenvalue weighted by molar-refractivity contribution is 5.86. The average Bonchev–Trinajstić information content (AvgIpc) is 3.31. The van der Waals surface area contributed by atoms with Crippen molar-refractivity contribution in [3.05, 3.63) is 24.3 Å². The van der Waals surface area contributed by atoms with Crippen LogP contribution in [0.5, 0.6) is 0 Å². The van der Waals surface area contributed by atoms with Crippen LogP contribution in [0.25, 0.3) is 0 Å². The minimum Gasteiger partial charge on any atom is -0.463 e. The fourth-order valence-corrected chi connectivity index (χ4v) is 5.81. The minimum atomic E-state index is -1.05. The van der Waals surface area contributed by atoms with Crippen molar-refractivity contribution >= 4 is 17.7 Å². The fraction of sp³-hybridized carbons (Fsp3) is 0.816. The zero-order valence-electron chi connectivity index (χ0n) is 29.2. The zero-order chi connectivity index (χ0) is 34.0. The van der Waals surface area contributed by atoms with Crippen LogP contribution in [0.15, 0.2) is 24.3 Å². The number of carbonyl (C=O) groups is 3. The second-order valence-corrected chi connectivity index (χ2v) is 13.4. The Hall–Kier alpha value is -2.03. The SMILES string of the molecule is CCCCC[C@H](O)/C=C/[C@H]1C(=O)C[C@H](O)[C@@H]1C/C=C\CCCC(=O)OC[C@@H](O)COC(=O)CCCCCCCCCCC(C)CC. The van der Waals surface area contributed by atoms with Crippen molar-refractivity contribution in [2.75, 3.05) is 13.2 Å². The number of ketones is 1. The van der Waals surface area contributed by atoms with Crippen molar-refractivity contribution < 1.29 is 39.2 Å². The maximum absolute atomic E-state index is 12.4. The first-order chi connectivity index (χ1) is 22.2. The van der Waals surface area contributed by atoms with Crippen LogP contribution in [-0.2, 0) is 23.9 Å².